The molecule has 66 valence electrons. The summed E-state index contributed by atoms with van der Waals surface area (Å²) in [5.74, 6) is 0. The van der Waals surface area contributed by atoms with E-state index in [9.17, 15) is 5.11 Å². The topological polar surface area (TPSA) is 40.5 Å². The molecule has 0 unspecified atom stereocenters. The van der Waals surface area contributed by atoms with Gasteiger partial charge in [0.15, 0.2) is 0 Å². The molecule has 0 heterocycles. The van der Waals surface area contributed by atoms with Crippen LogP contribution in [0.3, 0.4) is 0 Å². The Bertz CT molecular complexity index is 243. The van der Waals surface area contributed by atoms with Crippen LogP contribution in [0.4, 0.5) is 0 Å². The van der Waals surface area contributed by atoms with Crippen molar-refractivity contribution in [3.05, 3.63) is 34.9 Å². The van der Waals surface area contributed by atoms with Crippen molar-refractivity contribution < 1.29 is 10.2 Å². The molecule has 2 atom stereocenters. The third-order valence-corrected chi connectivity index (χ3v) is 1.92. The highest BCUT2D eigenvalue weighted by Crippen LogP contribution is 2.18. The van der Waals surface area contributed by atoms with Crippen molar-refractivity contribution in [1.82, 2.24) is 0 Å². The molecule has 1 aromatic rings. The van der Waals surface area contributed by atoms with Gasteiger partial charge in [-0.1, -0.05) is 23.7 Å². The first kappa shape index (κ1) is 9.52. The van der Waals surface area contributed by atoms with Crippen molar-refractivity contribution in [1.29, 1.82) is 0 Å². The molecule has 2 nitrogen and oxygen atoms in total. The molecule has 2 N–H and O–H groups in total. The maximum absolute atomic E-state index is 9.40. The van der Waals surface area contributed by atoms with Gasteiger partial charge >= 0.3 is 0 Å². The number of hydrogen-bond acceptors (Lipinski definition) is 2. The lowest BCUT2D eigenvalue weighted by atomic mass is 10.1. The Balaban J connectivity index is 2.82. The average Bonchev–Trinajstić information content (AvgIpc) is 2.04. The van der Waals surface area contributed by atoms with Crippen LogP contribution in [0.5, 0.6) is 0 Å². The first-order valence-corrected chi connectivity index (χ1v) is 4.10. The first-order valence-electron chi connectivity index (χ1n) is 3.73. The van der Waals surface area contributed by atoms with Crippen LogP contribution < -0.4 is 0 Å². The maximum Gasteiger partial charge on any atom is 0.105 e. The molecule has 3 heteroatoms. The summed E-state index contributed by atoms with van der Waals surface area (Å²) < 4.78 is 0. The highest BCUT2D eigenvalue weighted by Gasteiger charge is 2.12. The Hall–Kier alpha value is -0.570. The zero-order valence-corrected chi connectivity index (χ0v) is 7.49. The van der Waals surface area contributed by atoms with E-state index in [2.05, 4.69) is 0 Å². The van der Waals surface area contributed by atoms with Crippen molar-refractivity contribution in [3.8, 4) is 0 Å². The van der Waals surface area contributed by atoms with Gasteiger partial charge in [-0.3, -0.25) is 0 Å². The molecule has 0 amide bonds. The molecule has 0 spiro atoms. The monoisotopic (exact) mass is 186 g/mol. The summed E-state index contributed by atoms with van der Waals surface area (Å²) in [5.41, 5.74) is 0.675. The minimum atomic E-state index is -0.831. The molecule has 0 aliphatic carbocycles. The Morgan fingerprint density at radius 2 is 1.67 bits per heavy atom. The second-order valence-corrected chi connectivity index (χ2v) is 3.17. The van der Waals surface area contributed by atoms with Gasteiger partial charge in [-0.2, -0.15) is 0 Å². The number of halogens is 1. The van der Waals surface area contributed by atoms with Gasteiger partial charge in [0.05, 0.1) is 6.10 Å². The predicted molar refractivity (Wildman–Crippen MR) is 48.1 cm³/mol. The largest absolute Gasteiger partial charge is 0.390 e. The van der Waals surface area contributed by atoms with E-state index in [4.69, 9.17) is 16.7 Å². The fourth-order valence-electron chi connectivity index (χ4n) is 0.938. The molecule has 0 bridgehead atoms. The molecular formula is C9H11ClO2. The molecule has 0 saturated heterocycles. The van der Waals surface area contributed by atoms with Crippen LogP contribution in [0, 0.1) is 0 Å². The third kappa shape index (κ3) is 2.21. The van der Waals surface area contributed by atoms with Crippen LogP contribution in [0.2, 0.25) is 5.02 Å². The van der Waals surface area contributed by atoms with Gasteiger partial charge in [-0.25, -0.2) is 0 Å². The van der Waals surface area contributed by atoms with Crippen LogP contribution in [-0.2, 0) is 0 Å². The maximum atomic E-state index is 9.40. The van der Waals surface area contributed by atoms with Crippen LogP contribution in [0.1, 0.15) is 18.6 Å². The molecule has 1 rings (SSSR count). The summed E-state index contributed by atoms with van der Waals surface area (Å²) in [5, 5.41) is 19.1. The fraction of sp³-hybridized carbons (Fsp3) is 0.333. The van der Waals surface area contributed by atoms with Gasteiger partial charge in [-0.05, 0) is 24.6 Å². The highest BCUT2D eigenvalue weighted by atomic mass is 35.5. The summed E-state index contributed by atoms with van der Waals surface area (Å²) in [4.78, 5) is 0. The van der Waals surface area contributed by atoms with Crippen LogP contribution in [0.25, 0.3) is 0 Å². The van der Waals surface area contributed by atoms with Crippen LogP contribution >= 0.6 is 11.6 Å². The van der Waals surface area contributed by atoms with E-state index in [1.165, 1.54) is 0 Å². The standard InChI is InChI=1S/C9H11ClO2/c1-6(11)9(12)7-2-4-8(10)5-3-7/h2-6,9,11-12H,1H3/t6-,9+/m0/s1. The number of aliphatic hydroxyl groups is 2. The lowest BCUT2D eigenvalue weighted by Crippen LogP contribution is -2.13. The van der Waals surface area contributed by atoms with Crippen LogP contribution in [0.15, 0.2) is 24.3 Å². The van der Waals surface area contributed by atoms with Gasteiger partial charge in [0.1, 0.15) is 6.10 Å². The highest BCUT2D eigenvalue weighted by molar-refractivity contribution is 6.30. The van der Waals surface area contributed by atoms with Crippen LogP contribution in [-0.4, -0.2) is 16.3 Å². The lowest BCUT2D eigenvalue weighted by Gasteiger charge is -2.13. The normalized spacial score (nSPS) is 15.7. The van der Waals surface area contributed by atoms with E-state index in [0.717, 1.165) is 0 Å². The Morgan fingerprint density at radius 1 is 1.17 bits per heavy atom. The predicted octanol–water partition coefficient (Wildman–Crippen LogP) is 1.75. The second kappa shape index (κ2) is 3.90. The summed E-state index contributed by atoms with van der Waals surface area (Å²) in [6.07, 6.45) is -1.59. The summed E-state index contributed by atoms with van der Waals surface area (Å²) >= 11 is 5.65. The number of hydrogen-bond donors (Lipinski definition) is 2. The van der Waals surface area contributed by atoms with Gasteiger partial charge in [-0.15, -0.1) is 0 Å². The van der Waals surface area contributed by atoms with Gasteiger partial charge in [0.25, 0.3) is 0 Å². The van der Waals surface area contributed by atoms with Gasteiger partial charge in [0, 0.05) is 5.02 Å². The van der Waals surface area contributed by atoms with E-state index in [0.29, 0.717) is 10.6 Å². The molecule has 1 aromatic carbocycles. The molecule has 12 heavy (non-hydrogen) atoms. The number of aliphatic hydroxyl groups excluding tert-OH is 2. The zero-order chi connectivity index (χ0) is 9.14. The smallest absolute Gasteiger partial charge is 0.105 e. The summed E-state index contributed by atoms with van der Waals surface area (Å²) in [6, 6.07) is 6.75. The average molecular weight is 187 g/mol. The van der Waals surface area contributed by atoms with E-state index in [1.54, 1.807) is 31.2 Å². The van der Waals surface area contributed by atoms with Crippen molar-refractivity contribution in [2.24, 2.45) is 0 Å². The number of rotatable bonds is 2. The van der Waals surface area contributed by atoms with E-state index < -0.39 is 12.2 Å². The Labute approximate surface area is 76.4 Å². The van der Waals surface area contributed by atoms with Crippen molar-refractivity contribution in [3.63, 3.8) is 0 Å². The molecule has 0 saturated carbocycles. The lowest BCUT2D eigenvalue weighted by molar-refractivity contribution is 0.0305. The fourth-order valence-corrected chi connectivity index (χ4v) is 1.06. The third-order valence-electron chi connectivity index (χ3n) is 1.67. The molecule has 0 fully saturated rings. The zero-order valence-electron chi connectivity index (χ0n) is 6.74. The molecular weight excluding hydrogens is 176 g/mol. The first-order chi connectivity index (χ1) is 5.61. The molecule has 0 aliphatic rings. The summed E-state index contributed by atoms with van der Waals surface area (Å²) in [7, 11) is 0. The Kier molecular flexibility index (Phi) is 3.09. The minimum absolute atomic E-state index is 0.622. The molecule has 0 aliphatic heterocycles. The van der Waals surface area contributed by atoms with E-state index in [-0.39, 0.29) is 0 Å². The van der Waals surface area contributed by atoms with E-state index >= 15 is 0 Å². The molecule has 0 aromatic heterocycles. The Morgan fingerprint density at radius 3 is 2.08 bits per heavy atom. The van der Waals surface area contributed by atoms with Crippen molar-refractivity contribution >= 4 is 11.6 Å². The minimum Gasteiger partial charge on any atom is -0.390 e. The quantitative estimate of drug-likeness (QED) is 0.739. The number of benzene rings is 1. The SMILES string of the molecule is C[C@H](O)[C@@H](O)c1ccc(Cl)cc1. The van der Waals surface area contributed by atoms with Gasteiger partial charge < -0.3 is 10.2 Å². The van der Waals surface area contributed by atoms with Crippen molar-refractivity contribution in [2.75, 3.05) is 0 Å². The van der Waals surface area contributed by atoms with Gasteiger partial charge in [0.2, 0.25) is 0 Å². The summed E-state index contributed by atoms with van der Waals surface area (Å²) in [6.45, 7) is 1.54. The molecule has 0 radical (unpaired) electrons. The van der Waals surface area contributed by atoms with Crippen molar-refractivity contribution in [2.45, 2.75) is 19.1 Å². The van der Waals surface area contributed by atoms with E-state index in [1.807, 2.05) is 0 Å². The second-order valence-electron chi connectivity index (χ2n) is 2.74.